The monoisotopic (exact) mass is 611 g/mol. The number of anilines is 1. The number of benzene rings is 5. The molecular weight excluding hydrogens is 578 g/mol. The summed E-state index contributed by atoms with van der Waals surface area (Å²) in [6.07, 6.45) is 8.21. The number of nitrogens with zero attached hydrogens (tertiary/aromatic N) is 1. The first-order valence-corrected chi connectivity index (χ1v) is 15.7. The van der Waals surface area contributed by atoms with E-state index in [2.05, 4.69) is 29.2 Å². The van der Waals surface area contributed by atoms with Crippen LogP contribution in [0.2, 0.25) is 0 Å². The minimum absolute atomic E-state index is 0.0202. The number of ketones is 2. The Balaban J connectivity index is 1.46. The molecule has 0 spiro atoms. The Hall–Kier alpha value is -6.00. The van der Waals surface area contributed by atoms with Gasteiger partial charge in [-0.25, -0.2) is 0 Å². The highest BCUT2D eigenvalue weighted by atomic mass is 16.5. The summed E-state index contributed by atoms with van der Waals surface area (Å²) < 4.78 is 5.51. The lowest BCUT2D eigenvalue weighted by atomic mass is 9.83. The molecule has 0 fully saturated rings. The van der Waals surface area contributed by atoms with Crippen molar-refractivity contribution in [1.82, 2.24) is 0 Å². The molecule has 0 saturated heterocycles. The van der Waals surface area contributed by atoms with Crippen LogP contribution in [-0.4, -0.2) is 30.8 Å². The standard InChI is InChI=1S/C43H33NO3/c1-47-37-24-22-34(23-25-37)44(35-26-38(30-14-6-2-7-15-30)42(45)39(27-35)31-16-8-3-9-17-31)36-28-40(32-18-10-4-11-19-32)43(46)41(29-36)33-20-12-5-13-21-33/h2-29,35-36H,1H3. The van der Waals surface area contributed by atoms with Crippen LogP contribution in [0.4, 0.5) is 5.69 Å². The minimum Gasteiger partial charge on any atom is -0.497 e. The van der Waals surface area contributed by atoms with Crippen LogP contribution >= 0.6 is 0 Å². The van der Waals surface area contributed by atoms with Gasteiger partial charge in [0, 0.05) is 28.0 Å². The topological polar surface area (TPSA) is 46.6 Å². The molecule has 0 saturated carbocycles. The molecule has 0 amide bonds. The van der Waals surface area contributed by atoms with Gasteiger partial charge in [-0.3, -0.25) is 9.59 Å². The lowest BCUT2D eigenvalue weighted by Crippen LogP contribution is -2.43. The van der Waals surface area contributed by atoms with Crippen molar-refractivity contribution in [1.29, 1.82) is 0 Å². The maximum atomic E-state index is 14.2. The molecule has 0 radical (unpaired) electrons. The molecule has 4 heteroatoms. The SMILES string of the molecule is COc1ccc(N(C2C=C(c3ccccc3)C(=O)C(c3ccccc3)=C2)C2C=C(c3ccccc3)C(=O)C(c3ccccc3)=C2)cc1. The molecule has 2 aliphatic carbocycles. The molecule has 0 atom stereocenters. The zero-order valence-electron chi connectivity index (χ0n) is 26.0. The molecule has 5 aromatic rings. The fourth-order valence-corrected chi connectivity index (χ4v) is 6.37. The van der Waals surface area contributed by atoms with E-state index in [1.165, 1.54) is 0 Å². The molecule has 47 heavy (non-hydrogen) atoms. The van der Waals surface area contributed by atoms with Crippen molar-refractivity contribution in [3.05, 3.63) is 192 Å². The Bertz CT molecular complexity index is 1780. The highest BCUT2D eigenvalue weighted by Gasteiger charge is 2.34. The summed E-state index contributed by atoms with van der Waals surface area (Å²) in [7, 11) is 1.65. The lowest BCUT2D eigenvalue weighted by Gasteiger charge is -2.39. The van der Waals surface area contributed by atoms with E-state index in [4.69, 9.17) is 4.74 Å². The fourth-order valence-electron chi connectivity index (χ4n) is 6.37. The smallest absolute Gasteiger partial charge is 0.193 e. The van der Waals surface area contributed by atoms with Gasteiger partial charge in [-0.2, -0.15) is 0 Å². The predicted molar refractivity (Wildman–Crippen MR) is 191 cm³/mol. The van der Waals surface area contributed by atoms with Crippen molar-refractivity contribution >= 4 is 39.5 Å². The number of hydrogen-bond acceptors (Lipinski definition) is 4. The van der Waals surface area contributed by atoms with Gasteiger partial charge in [-0.05, 0) is 70.8 Å². The van der Waals surface area contributed by atoms with Crippen LogP contribution in [0, 0.1) is 0 Å². The molecule has 2 aliphatic rings. The van der Waals surface area contributed by atoms with Crippen LogP contribution in [0.1, 0.15) is 22.3 Å². The van der Waals surface area contributed by atoms with Gasteiger partial charge in [-0.1, -0.05) is 121 Å². The Kier molecular flexibility index (Phi) is 8.31. The van der Waals surface area contributed by atoms with E-state index in [0.29, 0.717) is 22.3 Å². The van der Waals surface area contributed by atoms with E-state index in [1.807, 2.05) is 146 Å². The van der Waals surface area contributed by atoms with Crippen LogP contribution in [0.15, 0.2) is 170 Å². The van der Waals surface area contributed by atoms with Gasteiger partial charge in [0.05, 0.1) is 19.2 Å². The third kappa shape index (κ3) is 6.01. The second-order valence-electron chi connectivity index (χ2n) is 11.5. The summed E-state index contributed by atoms with van der Waals surface area (Å²) >= 11 is 0. The van der Waals surface area contributed by atoms with Crippen LogP contribution in [0.3, 0.4) is 0 Å². The van der Waals surface area contributed by atoms with Gasteiger partial charge < -0.3 is 9.64 Å². The summed E-state index contributed by atoms with van der Waals surface area (Å²) in [6.45, 7) is 0. The van der Waals surface area contributed by atoms with E-state index in [1.54, 1.807) is 7.11 Å². The summed E-state index contributed by atoms with van der Waals surface area (Å²) in [4.78, 5) is 30.6. The van der Waals surface area contributed by atoms with Crippen molar-refractivity contribution in [3.8, 4) is 5.75 Å². The average molecular weight is 612 g/mol. The molecule has 0 bridgehead atoms. The van der Waals surface area contributed by atoms with Gasteiger partial charge in [0.2, 0.25) is 0 Å². The van der Waals surface area contributed by atoms with Crippen molar-refractivity contribution < 1.29 is 14.3 Å². The van der Waals surface area contributed by atoms with Crippen molar-refractivity contribution in [2.45, 2.75) is 12.1 Å². The van der Waals surface area contributed by atoms with E-state index in [0.717, 1.165) is 33.7 Å². The van der Waals surface area contributed by atoms with Crippen LogP contribution in [-0.2, 0) is 9.59 Å². The second kappa shape index (κ2) is 13.2. The van der Waals surface area contributed by atoms with E-state index < -0.39 is 0 Å². The quantitative estimate of drug-likeness (QED) is 0.176. The summed E-state index contributed by atoms with van der Waals surface area (Å²) in [5.74, 6) is 0.704. The first-order chi connectivity index (χ1) is 23.1. The average Bonchev–Trinajstić information content (AvgIpc) is 3.14. The van der Waals surface area contributed by atoms with Gasteiger partial charge >= 0.3 is 0 Å². The number of rotatable bonds is 8. The molecule has 4 nitrogen and oxygen atoms in total. The number of hydrogen-bond donors (Lipinski definition) is 0. The van der Waals surface area contributed by atoms with Gasteiger partial charge in [0.15, 0.2) is 11.6 Å². The van der Waals surface area contributed by atoms with Gasteiger partial charge in [0.25, 0.3) is 0 Å². The number of carbonyl (C=O) groups is 2. The molecule has 5 aromatic carbocycles. The number of ether oxygens (including phenoxy) is 1. The maximum absolute atomic E-state index is 14.2. The molecule has 7 rings (SSSR count). The maximum Gasteiger partial charge on any atom is 0.193 e. The summed E-state index contributed by atoms with van der Waals surface area (Å²) in [5, 5.41) is 0. The first kappa shape index (κ1) is 29.7. The van der Waals surface area contributed by atoms with Gasteiger partial charge in [0.1, 0.15) is 5.75 Å². The predicted octanol–water partition coefficient (Wildman–Crippen LogP) is 8.74. The zero-order chi connectivity index (χ0) is 32.2. The van der Waals surface area contributed by atoms with E-state index in [9.17, 15) is 9.59 Å². The van der Waals surface area contributed by atoms with Crippen molar-refractivity contribution in [2.24, 2.45) is 0 Å². The number of allylic oxidation sites excluding steroid dienone is 4. The van der Waals surface area contributed by atoms with Crippen LogP contribution in [0.5, 0.6) is 5.75 Å². The largest absolute Gasteiger partial charge is 0.497 e. The van der Waals surface area contributed by atoms with Crippen molar-refractivity contribution in [3.63, 3.8) is 0 Å². The Morgan fingerprint density at radius 2 is 0.723 bits per heavy atom. The number of carbonyl (C=O) groups excluding carboxylic acids is 2. The third-order valence-corrected chi connectivity index (χ3v) is 8.68. The van der Waals surface area contributed by atoms with Gasteiger partial charge in [-0.15, -0.1) is 0 Å². The molecule has 228 valence electrons. The summed E-state index contributed by atoms with van der Waals surface area (Å²) in [6, 6.07) is 46.6. The number of methoxy groups -OCH3 is 1. The molecule has 0 aliphatic heterocycles. The minimum atomic E-state index is -0.341. The molecular formula is C43H33NO3. The number of Topliss-reactive ketones (excluding diaryl/α,β-unsaturated/α-hetero) is 2. The second-order valence-corrected chi connectivity index (χ2v) is 11.5. The van der Waals surface area contributed by atoms with Crippen LogP contribution < -0.4 is 9.64 Å². The highest BCUT2D eigenvalue weighted by molar-refractivity contribution is 6.44. The Labute approximate surface area is 275 Å². The lowest BCUT2D eigenvalue weighted by molar-refractivity contribution is -0.109. The fraction of sp³-hybridized carbons (Fsp3) is 0.0698. The summed E-state index contributed by atoms with van der Waals surface area (Å²) in [5.41, 5.74) is 6.92. The molecule has 0 unspecified atom stereocenters. The van der Waals surface area contributed by atoms with Crippen LogP contribution in [0.25, 0.3) is 22.3 Å². The Morgan fingerprint density at radius 1 is 0.426 bits per heavy atom. The molecule has 0 N–H and O–H groups in total. The first-order valence-electron chi connectivity index (χ1n) is 15.7. The Morgan fingerprint density at radius 3 is 1.00 bits per heavy atom. The third-order valence-electron chi connectivity index (χ3n) is 8.68. The van der Waals surface area contributed by atoms with E-state index >= 15 is 0 Å². The highest BCUT2D eigenvalue weighted by Crippen LogP contribution is 2.38. The van der Waals surface area contributed by atoms with E-state index in [-0.39, 0.29) is 23.7 Å². The van der Waals surface area contributed by atoms with Crippen molar-refractivity contribution in [2.75, 3.05) is 12.0 Å². The zero-order valence-corrected chi connectivity index (χ0v) is 26.0. The normalized spacial score (nSPS) is 15.3. The molecule has 0 heterocycles. The molecule has 0 aromatic heterocycles.